The van der Waals surface area contributed by atoms with Gasteiger partial charge in [0.05, 0.1) is 6.04 Å². The van der Waals surface area contributed by atoms with Gasteiger partial charge in [0, 0.05) is 18.7 Å². The van der Waals surface area contributed by atoms with Crippen molar-refractivity contribution in [3.63, 3.8) is 0 Å². The number of carbonyl (C=O) groups excluding carboxylic acids is 2. The molecule has 20 heavy (non-hydrogen) atoms. The molecule has 0 aliphatic carbocycles. The van der Waals surface area contributed by atoms with Crippen molar-refractivity contribution in [2.24, 2.45) is 5.73 Å². The summed E-state index contributed by atoms with van der Waals surface area (Å²) in [7, 11) is 0. The van der Waals surface area contributed by atoms with E-state index in [4.69, 9.17) is 5.73 Å². The zero-order chi connectivity index (χ0) is 15.0. The van der Waals surface area contributed by atoms with Gasteiger partial charge in [-0.15, -0.1) is 0 Å². The minimum atomic E-state index is -0.465. The van der Waals surface area contributed by atoms with Crippen LogP contribution >= 0.6 is 0 Å². The molecule has 1 atom stereocenters. The monoisotopic (exact) mass is 277 g/mol. The Morgan fingerprint density at radius 3 is 2.35 bits per heavy atom. The van der Waals surface area contributed by atoms with Gasteiger partial charge in [0.25, 0.3) is 5.91 Å². The van der Waals surface area contributed by atoms with E-state index in [2.05, 4.69) is 10.6 Å². The zero-order valence-corrected chi connectivity index (χ0v) is 12.1. The minimum absolute atomic E-state index is 0.142. The second-order valence-electron chi connectivity index (χ2n) is 4.81. The first-order valence-electron chi connectivity index (χ1n) is 6.92. The number of nitrogens with one attached hydrogen (secondary N) is 2. The maximum absolute atomic E-state index is 11.8. The summed E-state index contributed by atoms with van der Waals surface area (Å²) in [6.45, 7) is 4.72. The summed E-state index contributed by atoms with van der Waals surface area (Å²) in [5.74, 6) is -0.312. The van der Waals surface area contributed by atoms with Crippen LogP contribution in [-0.2, 0) is 4.79 Å². The molecule has 0 radical (unpaired) electrons. The Balaban J connectivity index is 2.25. The maximum Gasteiger partial charge on any atom is 0.251 e. The second kappa shape index (κ2) is 8.32. The van der Waals surface area contributed by atoms with Gasteiger partial charge in [0.2, 0.25) is 5.91 Å². The summed E-state index contributed by atoms with van der Waals surface area (Å²) in [5.41, 5.74) is 7.40. The minimum Gasteiger partial charge on any atom is -0.353 e. The van der Waals surface area contributed by atoms with Crippen LogP contribution in [0.1, 0.15) is 35.7 Å². The summed E-state index contributed by atoms with van der Waals surface area (Å²) in [4.78, 5) is 23.3. The Labute approximate surface area is 119 Å². The first-order chi connectivity index (χ1) is 9.54. The molecule has 0 saturated carbocycles. The fourth-order valence-corrected chi connectivity index (χ4v) is 1.74. The molecular weight excluding hydrogens is 254 g/mol. The van der Waals surface area contributed by atoms with Crippen LogP contribution in [0.4, 0.5) is 0 Å². The van der Waals surface area contributed by atoms with Crippen LogP contribution in [0.5, 0.6) is 0 Å². The lowest BCUT2D eigenvalue weighted by Gasteiger charge is -2.11. The molecule has 0 aliphatic heterocycles. The van der Waals surface area contributed by atoms with E-state index in [1.165, 1.54) is 0 Å². The van der Waals surface area contributed by atoms with E-state index in [0.717, 1.165) is 12.0 Å². The third kappa shape index (κ3) is 5.40. The topological polar surface area (TPSA) is 84.2 Å². The first-order valence-corrected chi connectivity index (χ1v) is 6.92. The van der Waals surface area contributed by atoms with Crippen LogP contribution in [0.15, 0.2) is 24.3 Å². The average Bonchev–Trinajstić information content (AvgIpc) is 2.44. The zero-order valence-electron chi connectivity index (χ0n) is 12.1. The lowest BCUT2D eigenvalue weighted by molar-refractivity contribution is -0.122. The van der Waals surface area contributed by atoms with E-state index in [9.17, 15) is 9.59 Å². The molecule has 0 bridgehead atoms. The van der Waals surface area contributed by atoms with Gasteiger partial charge in [-0.3, -0.25) is 9.59 Å². The molecule has 0 spiro atoms. The van der Waals surface area contributed by atoms with Gasteiger partial charge in [-0.2, -0.15) is 0 Å². The molecule has 0 unspecified atom stereocenters. The molecule has 0 heterocycles. The maximum atomic E-state index is 11.8. The molecule has 110 valence electrons. The Kier molecular flexibility index (Phi) is 6.73. The van der Waals surface area contributed by atoms with Crippen molar-refractivity contribution in [3.05, 3.63) is 35.4 Å². The highest BCUT2D eigenvalue weighted by atomic mass is 16.2. The van der Waals surface area contributed by atoms with Gasteiger partial charge in [-0.05, 0) is 25.5 Å². The van der Waals surface area contributed by atoms with Crippen molar-refractivity contribution in [1.29, 1.82) is 0 Å². The molecule has 5 nitrogen and oxygen atoms in total. The molecule has 0 saturated heterocycles. The van der Waals surface area contributed by atoms with Crippen molar-refractivity contribution in [2.75, 3.05) is 13.1 Å². The number of carbonyl (C=O) groups is 2. The van der Waals surface area contributed by atoms with Gasteiger partial charge in [-0.1, -0.05) is 31.0 Å². The number of aryl methyl sites for hydroxylation is 1. The van der Waals surface area contributed by atoms with E-state index in [1.807, 2.05) is 26.0 Å². The van der Waals surface area contributed by atoms with Crippen LogP contribution < -0.4 is 16.4 Å². The van der Waals surface area contributed by atoms with E-state index in [0.29, 0.717) is 25.1 Å². The molecule has 0 aromatic heterocycles. The molecule has 1 rings (SSSR count). The van der Waals surface area contributed by atoms with Crippen molar-refractivity contribution >= 4 is 11.8 Å². The molecule has 0 aliphatic rings. The second-order valence-corrected chi connectivity index (χ2v) is 4.81. The van der Waals surface area contributed by atoms with Crippen molar-refractivity contribution in [1.82, 2.24) is 10.6 Å². The van der Waals surface area contributed by atoms with Gasteiger partial charge < -0.3 is 16.4 Å². The highest BCUT2D eigenvalue weighted by Gasteiger charge is 2.11. The van der Waals surface area contributed by atoms with Crippen LogP contribution in [0.3, 0.4) is 0 Å². The Morgan fingerprint density at radius 2 is 1.75 bits per heavy atom. The molecule has 2 amide bonds. The van der Waals surface area contributed by atoms with Gasteiger partial charge in [-0.25, -0.2) is 0 Å². The van der Waals surface area contributed by atoms with Gasteiger partial charge in [0.1, 0.15) is 0 Å². The van der Waals surface area contributed by atoms with E-state index in [-0.39, 0.29) is 11.8 Å². The van der Waals surface area contributed by atoms with Crippen LogP contribution in [-0.4, -0.2) is 30.9 Å². The fourth-order valence-electron chi connectivity index (χ4n) is 1.74. The van der Waals surface area contributed by atoms with Gasteiger partial charge >= 0.3 is 0 Å². The molecule has 1 aromatic rings. The molecule has 4 N–H and O–H groups in total. The van der Waals surface area contributed by atoms with Crippen LogP contribution in [0, 0.1) is 6.92 Å². The predicted molar refractivity (Wildman–Crippen MR) is 79.4 cm³/mol. The quantitative estimate of drug-likeness (QED) is 0.649. The SMILES string of the molecule is CCC[C@@H](N)C(=O)NCCNC(=O)c1ccc(C)cc1. The van der Waals surface area contributed by atoms with Crippen molar-refractivity contribution in [2.45, 2.75) is 32.7 Å². The number of amides is 2. The Hall–Kier alpha value is -1.88. The van der Waals surface area contributed by atoms with Crippen molar-refractivity contribution in [3.8, 4) is 0 Å². The normalized spacial score (nSPS) is 11.8. The molecule has 5 heteroatoms. The van der Waals surface area contributed by atoms with Crippen LogP contribution in [0.25, 0.3) is 0 Å². The summed E-state index contributed by atoms with van der Waals surface area (Å²) < 4.78 is 0. The summed E-state index contributed by atoms with van der Waals surface area (Å²) >= 11 is 0. The van der Waals surface area contributed by atoms with Crippen molar-refractivity contribution < 1.29 is 9.59 Å². The lowest BCUT2D eigenvalue weighted by atomic mass is 10.1. The summed E-state index contributed by atoms with van der Waals surface area (Å²) in [5, 5.41) is 5.45. The number of rotatable bonds is 7. The van der Waals surface area contributed by atoms with Gasteiger partial charge in [0.15, 0.2) is 0 Å². The van der Waals surface area contributed by atoms with E-state index < -0.39 is 6.04 Å². The van der Waals surface area contributed by atoms with E-state index >= 15 is 0 Å². The predicted octanol–water partition coefficient (Wildman–Crippen LogP) is 0.968. The standard InChI is InChI=1S/C15H23N3O2/c1-3-4-13(16)15(20)18-10-9-17-14(19)12-7-5-11(2)6-8-12/h5-8,13H,3-4,9-10,16H2,1-2H3,(H,17,19)(H,18,20)/t13-/m1/s1. The number of benzene rings is 1. The largest absolute Gasteiger partial charge is 0.353 e. The molecular formula is C15H23N3O2. The molecule has 1 aromatic carbocycles. The highest BCUT2D eigenvalue weighted by molar-refractivity contribution is 5.94. The smallest absolute Gasteiger partial charge is 0.251 e. The number of hydrogen-bond donors (Lipinski definition) is 3. The number of nitrogens with two attached hydrogens (primary N) is 1. The fraction of sp³-hybridized carbons (Fsp3) is 0.467. The lowest BCUT2D eigenvalue weighted by Crippen LogP contribution is -2.43. The average molecular weight is 277 g/mol. The third-order valence-electron chi connectivity index (χ3n) is 2.96. The Morgan fingerprint density at radius 1 is 1.15 bits per heavy atom. The summed E-state index contributed by atoms with van der Waals surface area (Å²) in [6.07, 6.45) is 1.54. The summed E-state index contributed by atoms with van der Waals surface area (Å²) in [6, 6.07) is 6.87. The van der Waals surface area contributed by atoms with E-state index in [1.54, 1.807) is 12.1 Å². The third-order valence-corrected chi connectivity index (χ3v) is 2.96. The first kappa shape index (κ1) is 16.2. The highest BCUT2D eigenvalue weighted by Crippen LogP contribution is 2.02. The Bertz CT molecular complexity index is 443. The number of hydrogen-bond acceptors (Lipinski definition) is 3. The van der Waals surface area contributed by atoms with Crippen LogP contribution in [0.2, 0.25) is 0 Å². The molecule has 0 fully saturated rings.